The number of carboxylic acid groups (broad SMARTS) is 1. The molecule has 1 atom stereocenters. The molecular weight excluding hydrogens is 326 g/mol. The maximum Gasteiger partial charge on any atom is 0.307 e. The number of fused-ring (bicyclic) bond motifs is 1. The Kier molecular flexibility index (Phi) is 4.36. The number of aliphatic carboxylic acids is 1. The summed E-state index contributed by atoms with van der Waals surface area (Å²) in [5, 5.41) is 9.15. The second-order valence-corrected chi connectivity index (χ2v) is 8.31. The molecule has 1 aromatic carbocycles. The predicted octanol–water partition coefficient (Wildman–Crippen LogP) is 2.43. The van der Waals surface area contributed by atoms with Crippen LogP contribution >= 0.6 is 0 Å². The van der Waals surface area contributed by atoms with Gasteiger partial charge in [0.05, 0.1) is 10.8 Å². The highest BCUT2D eigenvalue weighted by molar-refractivity contribution is 7.89. The normalized spacial score (nSPS) is 21.6. The highest BCUT2D eigenvalue weighted by atomic mass is 32.2. The SMILES string of the molecule is C=CCC1(NS(=O)(=O)c2ccc3c(c2)CC(C(=O)O)C3)CC=CC1. The number of rotatable bonds is 6. The number of hydrogen-bond acceptors (Lipinski definition) is 3. The van der Waals surface area contributed by atoms with Crippen molar-refractivity contribution in [1.29, 1.82) is 0 Å². The molecule has 2 aliphatic carbocycles. The Balaban J connectivity index is 1.85. The van der Waals surface area contributed by atoms with Crippen molar-refractivity contribution in [3.63, 3.8) is 0 Å². The van der Waals surface area contributed by atoms with Crippen LogP contribution in [0.1, 0.15) is 30.4 Å². The summed E-state index contributed by atoms with van der Waals surface area (Å²) in [6, 6.07) is 4.92. The van der Waals surface area contributed by atoms with Crippen LogP contribution in [0.3, 0.4) is 0 Å². The molecule has 0 radical (unpaired) electrons. The van der Waals surface area contributed by atoms with Crippen LogP contribution in [0, 0.1) is 5.92 Å². The lowest BCUT2D eigenvalue weighted by molar-refractivity contribution is -0.141. The second kappa shape index (κ2) is 6.18. The van der Waals surface area contributed by atoms with Gasteiger partial charge >= 0.3 is 5.97 Å². The van der Waals surface area contributed by atoms with Crippen molar-refractivity contribution < 1.29 is 18.3 Å². The molecule has 0 spiro atoms. The first-order valence-electron chi connectivity index (χ1n) is 8.00. The van der Waals surface area contributed by atoms with E-state index < -0.39 is 27.4 Å². The summed E-state index contributed by atoms with van der Waals surface area (Å²) in [5.41, 5.74) is 1.20. The van der Waals surface area contributed by atoms with Crippen LogP contribution in [0.15, 0.2) is 47.9 Å². The zero-order valence-electron chi connectivity index (χ0n) is 13.4. The summed E-state index contributed by atoms with van der Waals surface area (Å²) in [5.74, 6) is -1.30. The van der Waals surface area contributed by atoms with Gasteiger partial charge in [-0.1, -0.05) is 24.3 Å². The first kappa shape index (κ1) is 16.9. The molecule has 0 amide bonds. The lowest BCUT2D eigenvalue weighted by Gasteiger charge is -2.29. The lowest BCUT2D eigenvalue weighted by Crippen LogP contribution is -2.46. The van der Waals surface area contributed by atoms with E-state index in [4.69, 9.17) is 5.11 Å². The van der Waals surface area contributed by atoms with Crippen LogP contribution in [0.5, 0.6) is 0 Å². The molecule has 1 aromatic rings. The Labute approximate surface area is 142 Å². The van der Waals surface area contributed by atoms with Crippen LogP contribution in [-0.2, 0) is 27.7 Å². The summed E-state index contributed by atoms with van der Waals surface area (Å²) in [4.78, 5) is 11.3. The molecule has 0 aliphatic heterocycles. The van der Waals surface area contributed by atoms with E-state index in [0.717, 1.165) is 11.1 Å². The number of benzene rings is 1. The first-order chi connectivity index (χ1) is 11.4. The molecule has 1 unspecified atom stereocenters. The van der Waals surface area contributed by atoms with E-state index in [-0.39, 0.29) is 4.90 Å². The number of carboxylic acids is 1. The summed E-state index contributed by atoms with van der Waals surface area (Å²) < 4.78 is 28.4. The topological polar surface area (TPSA) is 83.5 Å². The standard InChI is InChI=1S/C18H21NO4S/c1-2-7-18(8-3-4-9-18)19-24(22,23)16-6-5-13-10-15(17(20)21)11-14(13)12-16/h2-6,12,15,19H,1,7-11H2,(H,20,21). The second-order valence-electron chi connectivity index (χ2n) is 6.63. The van der Waals surface area contributed by atoms with Gasteiger partial charge < -0.3 is 5.11 Å². The molecular formula is C18H21NO4S. The third kappa shape index (κ3) is 3.16. The minimum absolute atomic E-state index is 0.197. The maximum absolute atomic E-state index is 12.8. The van der Waals surface area contributed by atoms with Gasteiger partial charge in [-0.2, -0.15) is 0 Å². The van der Waals surface area contributed by atoms with Crippen molar-refractivity contribution in [3.8, 4) is 0 Å². The van der Waals surface area contributed by atoms with E-state index in [9.17, 15) is 13.2 Å². The number of hydrogen-bond donors (Lipinski definition) is 2. The molecule has 0 aromatic heterocycles. The van der Waals surface area contributed by atoms with Crippen molar-refractivity contribution in [1.82, 2.24) is 4.72 Å². The van der Waals surface area contributed by atoms with Gasteiger partial charge in [-0.15, -0.1) is 6.58 Å². The third-order valence-electron chi connectivity index (χ3n) is 4.84. The monoisotopic (exact) mass is 347 g/mol. The summed E-state index contributed by atoms with van der Waals surface area (Å²) in [6.07, 6.45) is 8.38. The average molecular weight is 347 g/mol. The smallest absolute Gasteiger partial charge is 0.307 e. The number of nitrogens with one attached hydrogen (secondary N) is 1. The van der Waals surface area contributed by atoms with Crippen LogP contribution in [-0.4, -0.2) is 25.0 Å². The molecule has 0 saturated carbocycles. The highest BCUT2D eigenvalue weighted by Crippen LogP contribution is 2.32. The van der Waals surface area contributed by atoms with Crippen LogP contribution < -0.4 is 4.72 Å². The van der Waals surface area contributed by atoms with Crippen molar-refractivity contribution >= 4 is 16.0 Å². The molecule has 128 valence electrons. The van der Waals surface area contributed by atoms with Crippen LogP contribution in [0.25, 0.3) is 0 Å². The fourth-order valence-corrected chi connectivity index (χ4v) is 5.03. The molecule has 6 heteroatoms. The minimum atomic E-state index is -3.67. The zero-order chi connectivity index (χ0) is 17.4. The van der Waals surface area contributed by atoms with E-state index in [1.54, 1.807) is 24.3 Å². The maximum atomic E-state index is 12.8. The van der Waals surface area contributed by atoms with Crippen LogP contribution in [0.4, 0.5) is 0 Å². The molecule has 2 aliphatic rings. The largest absolute Gasteiger partial charge is 0.481 e. The Hall–Kier alpha value is -1.92. The van der Waals surface area contributed by atoms with E-state index >= 15 is 0 Å². The predicted molar refractivity (Wildman–Crippen MR) is 91.2 cm³/mol. The number of carbonyl (C=O) groups is 1. The van der Waals surface area contributed by atoms with E-state index in [1.807, 2.05) is 12.2 Å². The number of sulfonamides is 1. The summed E-state index contributed by atoms with van der Waals surface area (Å²) >= 11 is 0. The van der Waals surface area contributed by atoms with Gasteiger partial charge in [-0.05, 0) is 55.4 Å². The van der Waals surface area contributed by atoms with Gasteiger partial charge in [-0.25, -0.2) is 13.1 Å². The molecule has 3 rings (SSSR count). The average Bonchev–Trinajstić information content (AvgIpc) is 3.13. The highest BCUT2D eigenvalue weighted by Gasteiger charge is 2.35. The van der Waals surface area contributed by atoms with E-state index in [2.05, 4.69) is 11.3 Å². The van der Waals surface area contributed by atoms with Gasteiger partial charge in [0.15, 0.2) is 0 Å². The Morgan fingerprint density at radius 2 is 1.96 bits per heavy atom. The summed E-state index contributed by atoms with van der Waals surface area (Å²) in [7, 11) is -3.67. The Bertz CT molecular complexity index is 802. The van der Waals surface area contributed by atoms with Crippen molar-refractivity contribution in [2.45, 2.75) is 42.5 Å². The summed E-state index contributed by atoms with van der Waals surface area (Å²) in [6.45, 7) is 3.73. The molecule has 24 heavy (non-hydrogen) atoms. The van der Waals surface area contributed by atoms with Crippen molar-refractivity contribution in [3.05, 3.63) is 54.1 Å². The molecule has 0 saturated heterocycles. The quantitative estimate of drug-likeness (QED) is 0.774. The van der Waals surface area contributed by atoms with Crippen LogP contribution in [0.2, 0.25) is 0 Å². The molecule has 5 nitrogen and oxygen atoms in total. The van der Waals surface area contributed by atoms with Crippen molar-refractivity contribution in [2.24, 2.45) is 5.92 Å². The van der Waals surface area contributed by atoms with Gasteiger partial charge in [-0.3, -0.25) is 4.79 Å². The zero-order valence-corrected chi connectivity index (χ0v) is 14.2. The molecule has 0 bridgehead atoms. The minimum Gasteiger partial charge on any atom is -0.481 e. The van der Waals surface area contributed by atoms with Crippen molar-refractivity contribution in [2.75, 3.05) is 0 Å². The van der Waals surface area contributed by atoms with Gasteiger partial charge in [0.1, 0.15) is 0 Å². The lowest BCUT2D eigenvalue weighted by atomic mass is 9.94. The molecule has 0 fully saturated rings. The van der Waals surface area contributed by atoms with Gasteiger partial charge in [0.2, 0.25) is 10.0 Å². The molecule has 0 heterocycles. The van der Waals surface area contributed by atoms with E-state index in [1.165, 1.54) is 0 Å². The Morgan fingerprint density at radius 3 is 2.58 bits per heavy atom. The van der Waals surface area contributed by atoms with Gasteiger partial charge in [0.25, 0.3) is 0 Å². The first-order valence-corrected chi connectivity index (χ1v) is 9.48. The fraction of sp³-hybridized carbons (Fsp3) is 0.389. The van der Waals surface area contributed by atoms with Gasteiger partial charge in [0, 0.05) is 5.54 Å². The third-order valence-corrected chi connectivity index (χ3v) is 6.42. The Morgan fingerprint density at radius 1 is 1.29 bits per heavy atom. The molecule has 2 N–H and O–H groups in total. The van der Waals surface area contributed by atoms with E-state index in [0.29, 0.717) is 32.1 Å². The fourth-order valence-electron chi connectivity index (χ4n) is 3.55.